The summed E-state index contributed by atoms with van der Waals surface area (Å²) < 4.78 is 7.66. The first-order valence-electron chi connectivity index (χ1n) is 25.3. The zero-order chi connectivity index (χ0) is 43.6. The number of aromatic nitrogens is 3. The maximum atomic E-state index is 11.3. The molecule has 0 amide bonds. The maximum absolute atomic E-state index is 11.3. The van der Waals surface area contributed by atoms with E-state index >= 15 is 0 Å². The van der Waals surface area contributed by atoms with Gasteiger partial charge in [-0.2, -0.15) is 10.5 Å². The van der Waals surface area contributed by atoms with Gasteiger partial charge in [-0.1, -0.05) is 54.6 Å². The van der Waals surface area contributed by atoms with E-state index in [9.17, 15) is 10.5 Å². The van der Waals surface area contributed by atoms with Crippen molar-refractivity contribution in [1.82, 2.24) is 13.5 Å². The third kappa shape index (κ3) is 4.42. The van der Waals surface area contributed by atoms with Gasteiger partial charge < -0.3 is 13.5 Å². The Hall–Kier alpha value is -7.08. The Balaban J connectivity index is 1.14. The Kier molecular flexibility index (Phi) is 6.71. The normalized spacial score (nSPS) is 25.9. The first-order valence-corrected chi connectivity index (χ1v) is 25.3. The molecule has 0 aliphatic heterocycles. The highest BCUT2D eigenvalue weighted by Crippen LogP contribution is 2.63. The molecule has 0 radical (unpaired) electrons. The summed E-state index contributed by atoms with van der Waals surface area (Å²) >= 11 is 0. The molecule has 7 aromatic carbocycles. The average Bonchev–Trinajstić information content (AvgIpc) is 4.00. The molecule has 8 aliphatic carbocycles. The van der Waals surface area contributed by atoms with Gasteiger partial charge in [0.15, 0.2) is 0 Å². The molecule has 4 saturated carbocycles. The zero-order valence-electron chi connectivity index (χ0n) is 37.4. The predicted molar refractivity (Wildman–Crippen MR) is 270 cm³/mol. The average molecular weight is 862 g/mol. The molecule has 11 aromatic rings. The second-order valence-electron chi connectivity index (χ2n) is 22.2. The fourth-order valence-electron chi connectivity index (χ4n) is 17.2. The van der Waals surface area contributed by atoms with Crippen molar-refractivity contribution < 1.29 is 0 Å². The lowest BCUT2D eigenvalue weighted by atomic mass is 9.67. The fourth-order valence-corrected chi connectivity index (χ4v) is 17.2. The summed E-state index contributed by atoms with van der Waals surface area (Å²) in [7, 11) is 0. The molecule has 320 valence electrons. The molecule has 4 atom stereocenters. The SMILES string of the molecule is N#Cc1cc2c(c3c1C1CC4CC(C1)CC3C4)c1cc3c4cc5c(cc4n(-c4ccccc4)c3c3c4c6c(c(C#N)cc4n2c13)C1CC2CC(C1)CC6C2)c1ccccc1n5-c1ccccc1. The van der Waals surface area contributed by atoms with Gasteiger partial charge in [0, 0.05) is 54.5 Å². The van der Waals surface area contributed by atoms with Crippen LogP contribution in [0.2, 0.25) is 0 Å². The van der Waals surface area contributed by atoms with Gasteiger partial charge in [-0.05, 0) is 194 Å². The van der Waals surface area contributed by atoms with E-state index in [0.29, 0.717) is 23.7 Å². The maximum Gasteiger partial charge on any atom is 0.0995 e. The van der Waals surface area contributed by atoms with Gasteiger partial charge in [-0.15, -0.1) is 0 Å². The lowest BCUT2D eigenvalue weighted by Crippen LogP contribution is -2.25. The molecule has 4 aromatic heterocycles. The molecule has 5 nitrogen and oxygen atoms in total. The monoisotopic (exact) mass is 861 g/mol. The van der Waals surface area contributed by atoms with Crippen LogP contribution in [0.1, 0.15) is 121 Å². The molecule has 0 N–H and O–H groups in total. The number of rotatable bonds is 2. The van der Waals surface area contributed by atoms with Gasteiger partial charge in [0.1, 0.15) is 0 Å². The van der Waals surface area contributed by atoms with E-state index in [2.05, 4.69) is 141 Å². The van der Waals surface area contributed by atoms with Crippen LogP contribution in [0.4, 0.5) is 0 Å². The van der Waals surface area contributed by atoms with E-state index in [1.165, 1.54) is 168 Å². The Labute approximate surface area is 387 Å². The highest BCUT2D eigenvalue weighted by Gasteiger charge is 2.47. The van der Waals surface area contributed by atoms with E-state index in [-0.39, 0.29) is 0 Å². The number of hydrogen-bond donors (Lipinski definition) is 0. The second-order valence-corrected chi connectivity index (χ2v) is 22.2. The summed E-state index contributed by atoms with van der Waals surface area (Å²) in [5, 5.41) is 33.0. The third-order valence-electron chi connectivity index (χ3n) is 19.0. The molecular formula is C62H47N5. The van der Waals surface area contributed by atoms with Gasteiger partial charge in [0.25, 0.3) is 0 Å². The summed E-state index contributed by atoms with van der Waals surface area (Å²) in [6.45, 7) is 0. The minimum atomic E-state index is 0.427. The van der Waals surface area contributed by atoms with Gasteiger partial charge >= 0.3 is 0 Å². The number of nitrogens with zero attached hydrogens (tertiary/aromatic N) is 5. The standard InChI is InChI=1S/C62H47N5/c63-30-40-25-52-58(56-38-21-32-15-33(22-38)18-36(17-32)54(40)56)48-27-47-46-29-50-45(44-13-7-8-14-49(44)65(50)42-9-3-1-4-10-42)28-51(46)66(43-11-5-2-6-12-43)61(47)60-59-53(67(52)62(48)60)26-41(31-64)55-37-19-34-16-35(20-37)24-39(23-34)57(55)59/h1-14,25-29,32-39H,15-24H2. The van der Waals surface area contributed by atoms with Crippen molar-refractivity contribution in [1.29, 1.82) is 10.5 Å². The highest BCUT2D eigenvalue weighted by atomic mass is 15.0. The van der Waals surface area contributed by atoms with E-state index in [1.54, 1.807) is 0 Å². The molecule has 19 rings (SSSR count). The van der Waals surface area contributed by atoms with Crippen LogP contribution in [-0.4, -0.2) is 13.5 Å². The highest BCUT2D eigenvalue weighted by molar-refractivity contribution is 6.36. The fraction of sp³-hybridized carbons (Fsp3) is 0.290. The Morgan fingerprint density at radius 2 is 0.836 bits per heavy atom. The molecule has 0 spiro atoms. The van der Waals surface area contributed by atoms with Crippen LogP contribution in [0.5, 0.6) is 0 Å². The summed E-state index contributed by atoms with van der Waals surface area (Å²) in [4.78, 5) is 0. The molecular weight excluding hydrogens is 815 g/mol. The molecule has 4 fully saturated rings. The lowest BCUT2D eigenvalue weighted by Gasteiger charge is -2.38. The van der Waals surface area contributed by atoms with E-state index in [0.717, 1.165) is 46.2 Å². The van der Waals surface area contributed by atoms with Crippen molar-refractivity contribution in [3.63, 3.8) is 0 Å². The van der Waals surface area contributed by atoms with Crippen molar-refractivity contribution in [2.24, 2.45) is 23.7 Å². The van der Waals surface area contributed by atoms with Crippen LogP contribution in [0.15, 0.2) is 115 Å². The van der Waals surface area contributed by atoms with Gasteiger partial charge in [0.2, 0.25) is 0 Å². The topological polar surface area (TPSA) is 61.9 Å². The number of benzene rings is 7. The summed E-state index contributed by atoms with van der Waals surface area (Å²) in [6, 6.07) is 48.8. The summed E-state index contributed by atoms with van der Waals surface area (Å²) in [5.74, 6) is 4.69. The van der Waals surface area contributed by atoms with Crippen LogP contribution in [0, 0.1) is 46.3 Å². The van der Waals surface area contributed by atoms with Gasteiger partial charge in [0.05, 0.1) is 61.9 Å². The van der Waals surface area contributed by atoms with Crippen molar-refractivity contribution in [3.8, 4) is 23.5 Å². The summed E-state index contributed by atoms with van der Waals surface area (Å²) in [6.07, 6.45) is 12.4. The van der Waals surface area contributed by atoms with Crippen molar-refractivity contribution in [2.45, 2.75) is 87.9 Å². The van der Waals surface area contributed by atoms with Gasteiger partial charge in [-0.25, -0.2) is 0 Å². The number of para-hydroxylation sites is 3. The first-order chi connectivity index (χ1) is 33.1. The van der Waals surface area contributed by atoms with E-state index < -0.39 is 0 Å². The van der Waals surface area contributed by atoms with Crippen LogP contribution in [-0.2, 0) is 0 Å². The smallest absolute Gasteiger partial charge is 0.0995 e. The Morgan fingerprint density at radius 1 is 0.358 bits per heavy atom. The minimum absolute atomic E-state index is 0.427. The van der Waals surface area contributed by atoms with E-state index in [4.69, 9.17) is 0 Å². The molecule has 5 heteroatoms. The number of hydrogen-bond acceptors (Lipinski definition) is 2. The molecule has 4 unspecified atom stereocenters. The minimum Gasteiger partial charge on any atom is -0.309 e. The molecule has 8 bridgehead atoms. The Morgan fingerprint density at radius 3 is 1.42 bits per heavy atom. The Bertz CT molecular complexity index is 4100. The largest absolute Gasteiger partial charge is 0.309 e. The molecule has 8 aliphatic rings. The van der Waals surface area contributed by atoms with Crippen LogP contribution >= 0.6 is 0 Å². The van der Waals surface area contributed by atoms with E-state index in [1.807, 2.05) is 0 Å². The zero-order valence-corrected chi connectivity index (χ0v) is 37.4. The molecule has 0 saturated heterocycles. The van der Waals surface area contributed by atoms with Gasteiger partial charge in [-0.3, -0.25) is 0 Å². The van der Waals surface area contributed by atoms with Crippen LogP contribution < -0.4 is 0 Å². The molecule has 4 heterocycles. The van der Waals surface area contributed by atoms with Crippen LogP contribution in [0.25, 0.3) is 93.1 Å². The quantitative estimate of drug-likeness (QED) is 0.174. The third-order valence-corrected chi connectivity index (χ3v) is 19.0. The van der Waals surface area contributed by atoms with Crippen LogP contribution in [0.3, 0.4) is 0 Å². The lowest BCUT2D eigenvalue weighted by molar-refractivity contribution is 0.166. The summed E-state index contributed by atoms with van der Waals surface area (Å²) in [5.41, 5.74) is 18.4. The second kappa shape index (κ2) is 12.5. The molecule has 67 heavy (non-hydrogen) atoms. The van der Waals surface area contributed by atoms with Crippen molar-refractivity contribution >= 4 is 81.7 Å². The van der Waals surface area contributed by atoms with Crippen molar-refractivity contribution in [2.75, 3.05) is 0 Å². The van der Waals surface area contributed by atoms with Crippen molar-refractivity contribution in [3.05, 3.63) is 149 Å². The predicted octanol–water partition coefficient (Wildman–Crippen LogP) is 15.6. The first kappa shape index (κ1) is 36.1. The number of fused-ring (bicyclic) bond motifs is 13. The number of nitriles is 2.